The van der Waals surface area contributed by atoms with Gasteiger partial charge < -0.3 is 19.5 Å². The lowest BCUT2D eigenvalue weighted by Gasteiger charge is -2.08. The molecule has 10 nitrogen and oxygen atoms in total. The quantitative estimate of drug-likeness (QED) is 0.596. The Morgan fingerprint density at radius 2 is 1.87 bits per heavy atom. The molecule has 3 aromatic rings. The molecule has 0 saturated carbocycles. The third kappa shape index (κ3) is 3.71. The second kappa shape index (κ2) is 8.27. The van der Waals surface area contributed by atoms with E-state index in [9.17, 15) is 19.5 Å². The number of aromatic hydroxyl groups is 1. The van der Waals surface area contributed by atoms with Gasteiger partial charge in [-0.2, -0.15) is 0 Å². The Bertz CT molecular complexity index is 1270. The van der Waals surface area contributed by atoms with Crippen LogP contribution in [0.5, 0.6) is 11.5 Å². The molecule has 0 unspecified atom stereocenters. The molecule has 1 aromatic carbocycles. The molecule has 10 heteroatoms. The van der Waals surface area contributed by atoms with Gasteiger partial charge in [-0.15, -0.1) is 0 Å². The summed E-state index contributed by atoms with van der Waals surface area (Å²) in [6.07, 6.45) is 3.33. The minimum absolute atomic E-state index is 0.0596. The first kappa shape index (κ1) is 20.9. The van der Waals surface area contributed by atoms with Gasteiger partial charge in [-0.05, 0) is 37.6 Å². The molecule has 0 spiro atoms. The molecule has 30 heavy (non-hydrogen) atoms. The van der Waals surface area contributed by atoms with Crippen molar-refractivity contribution in [1.82, 2.24) is 18.7 Å². The zero-order valence-corrected chi connectivity index (χ0v) is 16.8. The molecule has 0 bridgehead atoms. The fourth-order valence-corrected chi connectivity index (χ4v) is 3.16. The highest BCUT2D eigenvalue weighted by molar-refractivity contribution is 5.77. The van der Waals surface area contributed by atoms with Crippen LogP contribution in [0.1, 0.15) is 25.2 Å². The summed E-state index contributed by atoms with van der Waals surface area (Å²) < 4.78 is 9.24. The summed E-state index contributed by atoms with van der Waals surface area (Å²) in [5.74, 6) is -0.824. The summed E-state index contributed by atoms with van der Waals surface area (Å²) in [4.78, 5) is 40.3. The highest BCUT2D eigenvalue weighted by atomic mass is 16.5. The van der Waals surface area contributed by atoms with Crippen molar-refractivity contribution in [2.45, 2.75) is 26.9 Å². The molecular weight excluding hydrogens is 392 g/mol. The number of hydrogen-bond donors (Lipinski definition) is 2. The molecule has 0 fully saturated rings. The van der Waals surface area contributed by atoms with Crippen LogP contribution in [0.4, 0.5) is 0 Å². The van der Waals surface area contributed by atoms with E-state index in [0.29, 0.717) is 29.1 Å². The van der Waals surface area contributed by atoms with Crippen molar-refractivity contribution in [2.75, 3.05) is 6.61 Å². The maximum absolute atomic E-state index is 12.7. The molecular formula is C20H22N4O6. The first-order valence-electron chi connectivity index (χ1n) is 9.34. The van der Waals surface area contributed by atoms with Crippen LogP contribution in [-0.2, 0) is 24.9 Å². The van der Waals surface area contributed by atoms with E-state index in [1.165, 1.54) is 21.3 Å². The number of aliphatic carboxylic acids is 1. The van der Waals surface area contributed by atoms with Gasteiger partial charge in [0.2, 0.25) is 0 Å². The Morgan fingerprint density at radius 1 is 1.17 bits per heavy atom. The molecule has 0 amide bonds. The fraction of sp³-hybridized carbons (Fsp3) is 0.300. The Hall–Kier alpha value is -3.82. The molecule has 2 N–H and O–H groups in total. The molecule has 158 valence electrons. The van der Waals surface area contributed by atoms with Crippen molar-refractivity contribution in [3.05, 3.63) is 50.4 Å². The van der Waals surface area contributed by atoms with Gasteiger partial charge in [-0.3, -0.25) is 13.9 Å². The van der Waals surface area contributed by atoms with E-state index in [-0.39, 0.29) is 18.0 Å². The lowest BCUT2D eigenvalue weighted by molar-refractivity contribution is -0.139. The Kier molecular flexibility index (Phi) is 5.77. The maximum atomic E-state index is 12.7. The Morgan fingerprint density at radius 3 is 2.47 bits per heavy atom. The van der Waals surface area contributed by atoms with Crippen molar-refractivity contribution < 1.29 is 19.7 Å². The smallest absolute Gasteiger partial charge is 0.341 e. The fourth-order valence-electron chi connectivity index (χ4n) is 3.16. The summed E-state index contributed by atoms with van der Waals surface area (Å²) in [5, 5.41) is 18.7. The van der Waals surface area contributed by atoms with Crippen molar-refractivity contribution in [2.24, 2.45) is 7.05 Å². The molecule has 0 aliphatic carbocycles. The lowest BCUT2D eigenvalue weighted by Crippen LogP contribution is -2.39. The number of carbonyl (C=O) groups is 1. The van der Waals surface area contributed by atoms with Gasteiger partial charge in [-0.25, -0.2) is 14.6 Å². The van der Waals surface area contributed by atoms with Crippen LogP contribution in [0.25, 0.3) is 23.3 Å². The minimum Gasteiger partial charge on any atom is -0.504 e. The van der Waals surface area contributed by atoms with Crippen LogP contribution < -0.4 is 16.0 Å². The van der Waals surface area contributed by atoms with E-state index in [2.05, 4.69) is 4.98 Å². The molecule has 3 rings (SSSR count). The van der Waals surface area contributed by atoms with Gasteiger partial charge in [0.1, 0.15) is 5.82 Å². The number of ether oxygens (including phenoxy) is 1. The Balaban J connectivity index is 2.01. The SMILES string of the molecule is CCn1c(=O)c2c(nc(/C=C/c3ccc(OCC(=O)O)c(O)c3)n2C)n(CC)c1=O. The van der Waals surface area contributed by atoms with Gasteiger partial charge in [-0.1, -0.05) is 12.1 Å². The van der Waals surface area contributed by atoms with Crippen molar-refractivity contribution in [1.29, 1.82) is 0 Å². The predicted molar refractivity (Wildman–Crippen MR) is 111 cm³/mol. The summed E-state index contributed by atoms with van der Waals surface area (Å²) in [6, 6.07) is 4.52. The number of rotatable bonds is 7. The highest BCUT2D eigenvalue weighted by Crippen LogP contribution is 2.27. The summed E-state index contributed by atoms with van der Waals surface area (Å²) in [6.45, 7) is 3.63. The van der Waals surface area contributed by atoms with E-state index in [0.717, 1.165) is 0 Å². The van der Waals surface area contributed by atoms with E-state index >= 15 is 0 Å². The van der Waals surface area contributed by atoms with E-state index in [1.807, 2.05) is 6.92 Å². The molecule has 2 heterocycles. The number of imidazole rings is 1. The normalized spacial score (nSPS) is 11.4. The number of hydrogen-bond acceptors (Lipinski definition) is 6. The number of fused-ring (bicyclic) bond motifs is 1. The van der Waals surface area contributed by atoms with Crippen molar-refractivity contribution in [3.63, 3.8) is 0 Å². The molecule has 0 aliphatic heterocycles. The minimum atomic E-state index is -1.15. The molecule has 2 aromatic heterocycles. The lowest BCUT2D eigenvalue weighted by atomic mass is 10.2. The summed E-state index contributed by atoms with van der Waals surface area (Å²) >= 11 is 0. The van der Waals surface area contributed by atoms with Gasteiger partial charge in [0.25, 0.3) is 5.56 Å². The largest absolute Gasteiger partial charge is 0.504 e. The van der Waals surface area contributed by atoms with E-state index in [4.69, 9.17) is 9.84 Å². The predicted octanol–water partition coefficient (Wildman–Crippen LogP) is 1.28. The van der Waals surface area contributed by atoms with Gasteiger partial charge in [0.05, 0.1) is 0 Å². The third-order valence-electron chi connectivity index (χ3n) is 4.67. The zero-order valence-electron chi connectivity index (χ0n) is 16.8. The first-order valence-corrected chi connectivity index (χ1v) is 9.34. The van der Waals surface area contributed by atoms with Crippen LogP contribution in [0.2, 0.25) is 0 Å². The van der Waals surface area contributed by atoms with Crippen molar-refractivity contribution >= 4 is 29.3 Å². The zero-order chi connectivity index (χ0) is 22.0. The molecule has 0 atom stereocenters. The number of nitrogens with zero attached hydrogens (tertiary/aromatic N) is 4. The maximum Gasteiger partial charge on any atom is 0.341 e. The second-order valence-corrected chi connectivity index (χ2v) is 6.52. The summed E-state index contributed by atoms with van der Waals surface area (Å²) in [5.41, 5.74) is 0.473. The van der Waals surface area contributed by atoms with E-state index < -0.39 is 23.8 Å². The van der Waals surface area contributed by atoms with Crippen LogP contribution in [-0.4, -0.2) is 41.5 Å². The van der Waals surface area contributed by atoms with Gasteiger partial charge in [0, 0.05) is 20.1 Å². The average molecular weight is 414 g/mol. The monoisotopic (exact) mass is 414 g/mol. The molecule has 0 aliphatic rings. The van der Waals surface area contributed by atoms with Crippen molar-refractivity contribution in [3.8, 4) is 11.5 Å². The number of phenols is 1. The van der Waals surface area contributed by atoms with Gasteiger partial charge in [0.15, 0.2) is 29.3 Å². The van der Waals surface area contributed by atoms with Crippen LogP contribution in [0.15, 0.2) is 27.8 Å². The van der Waals surface area contributed by atoms with E-state index in [1.54, 1.807) is 36.8 Å². The number of carboxylic acids is 1. The van der Waals surface area contributed by atoms with Crippen LogP contribution in [0.3, 0.4) is 0 Å². The highest BCUT2D eigenvalue weighted by Gasteiger charge is 2.17. The number of phenolic OH excluding ortho intramolecular Hbond substituents is 1. The molecule has 0 saturated heterocycles. The molecule has 0 radical (unpaired) electrons. The topological polar surface area (TPSA) is 129 Å². The van der Waals surface area contributed by atoms with Gasteiger partial charge >= 0.3 is 11.7 Å². The second-order valence-electron chi connectivity index (χ2n) is 6.52. The first-order chi connectivity index (χ1) is 14.3. The number of benzene rings is 1. The van der Waals surface area contributed by atoms with Crippen LogP contribution in [0, 0.1) is 0 Å². The number of aryl methyl sites for hydroxylation is 2. The summed E-state index contributed by atoms with van der Waals surface area (Å²) in [7, 11) is 1.70. The third-order valence-corrected chi connectivity index (χ3v) is 4.67. The van der Waals surface area contributed by atoms with Crippen LogP contribution >= 0.6 is 0 Å². The standard InChI is InChI=1S/C20H22N4O6/c1-4-23-18-17(19(28)24(5-2)20(23)29)22(3)15(21-18)9-7-12-6-8-14(13(25)10-12)30-11-16(26)27/h6-10,25H,4-5,11H2,1-3H3,(H,26,27)/b9-7+. The number of aromatic nitrogens is 4. The number of carboxylic acid groups (broad SMARTS) is 1. The average Bonchev–Trinajstić information content (AvgIpc) is 3.02. The Labute approximate surface area is 170 Å².